The van der Waals surface area contributed by atoms with E-state index in [1.54, 1.807) is 0 Å². The molecule has 2 aliphatic heterocycles. The van der Waals surface area contributed by atoms with E-state index < -0.39 is 0 Å². The Morgan fingerprint density at radius 1 is 1.30 bits per heavy atom. The highest BCUT2D eigenvalue weighted by molar-refractivity contribution is 14.2. The molecule has 1 aromatic carbocycles. The minimum atomic E-state index is -0.158. The SMILES string of the molecule is BP(I)N1COc2ccc3c(c2C1)OCN(BPI)C3. The molecule has 0 bridgehead atoms. The topological polar surface area (TPSA) is 24.9 Å². The Balaban J connectivity index is 1.86. The summed E-state index contributed by atoms with van der Waals surface area (Å²) in [6.45, 7) is 3.32. The van der Waals surface area contributed by atoms with Crippen molar-refractivity contribution in [1.29, 1.82) is 0 Å². The first-order valence-electron chi connectivity index (χ1n) is 6.29. The Kier molecular flexibility index (Phi) is 5.76. The van der Waals surface area contributed by atoms with Crippen molar-refractivity contribution < 1.29 is 9.47 Å². The molecule has 4 nitrogen and oxygen atoms in total. The van der Waals surface area contributed by atoms with Gasteiger partial charge in [-0.1, -0.05) is 34.2 Å². The van der Waals surface area contributed by atoms with Crippen LogP contribution >= 0.6 is 55.8 Å². The lowest BCUT2D eigenvalue weighted by molar-refractivity contribution is 0.150. The lowest BCUT2D eigenvalue weighted by Crippen LogP contribution is -2.35. The first kappa shape index (κ1) is 16.1. The highest BCUT2D eigenvalue weighted by atomic mass is 127. The molecule has 1 aromatic rings. The van der Waals surface area contributed by atoms with Gasteiger partial charge < -0.3 is 14.3 Å². The average Bonchev–Trinajstić information content (AvgIpc) is 2.46. The third-order valence-electron chi connectivity index (χ3n) is 3.47. The van der Waals surface area contributed by atoms with Gasteiger partial charge in [0.05, 0.1) is 5.56 Å². The van der Waals surface area contributed by atoms with E-state index in [1.165, 1.54) is 11.1 Å². The number of benzene rings is 1. The van der Waals surface area contributed by atoms with Crippen LogP contribution in [0.1, 0.15) is 11.1 Å². The molecule has 0 radical (unpaired) electrons. The number of hydrogen-bond acceptors (Lipinski definition) is 4. The van der Waals surface area contributed by atoms with E-state index in [9.17, 15) is 0 Å². The number of halogens is 2. The molecule has 0 aliphatic carbocycles. The van der Waals surface area contributed by atoms with Gasteiger partial charge in [-0.2, -0.15) is 0 Å². The van der Waals surface area contributed by atoms with Gasteiger partial charge in [-0.05, 0) is 33.7 Å². The molecule has 0 aromatic heterocycles. The lowest BCUT2D eigenvalue weighted by atomic mass is 10.0. The van der Waals surface area contributed by atoms with E-state index in [0.29, 0.717) is 13.5 Å². The first-order valence-corrected chi connectivity index (χ1v) is 15.1. The van der Waals surface area contributed by atoms with Crippen molar-refractivity contribution in [3.63, 3.8) is 0 Å². The maximum absolute atomic E-state index is 6.04. The number of hydrogen-bond donors (Lipinski definition) is 0. The minimum Gasteiger partial charge on any atom is -0.478 e. The van der Waals surface area contributed by atoms with Crippen molar-refractivity contribution in [2.24, 2.45) is 0 Å². The van der Waals surface area contributed by atoms with Crippen molar-refractivity contribution in [3.05, 3.63) is 23.3 Å². The summed E-state index contributed by atoms with van der Waals surface area (Å²) < 4.78 is 14.3. The standard InChI is InChI=1S/C10H14B2I2N2O2P2/c11-20(14)16-4-8-9(17-6-16)2-1-7-3-15(12-19-13)5-18-10(7)8/h1-2,12,19H,3-6,11H2. The number of rotatable bonds is 3. The molecular formula is C10H14B2I2N2O2P2. The summed E-state index contributed by atoms with van der Waals surface area (Å²) in [4.78, 5) is 2.35. The van der Waals surface area contributed by atoms with Crippen LogP contribution < -0.4 is 9.47 Å². The van der Waals surface area contributed by atoms with Crippen LogP contribution in [0.2, 0.25) is 0 Å². The fraction of sp³-hybridized carbons (Fsp3) is 0.400. The Morgan fingerprint density at radius 2 is 2.15 bits per heavy atom. The van der Waals surface area contributed by atoms with Gasteiger partial charge in [-0.25, -0.2) is 4.67 Å². The van der Waals surface area contributed by atoms with Crippen LogP contribution in [-0.2, 0) is 13.1 Å². The van der Waals surface area contributed by atoms with Crippen molar-refractivity contribution in [3.8, 4) is 11.5 Å². The molecule has 2 atom stereocenters. The van der Waals surface area contributed by atoms with Gasteiger partial charge in [-0.3, -0.25) is 0 Å². The second-order valence-electron chi connectivity index (χ2n) is 4.81. The van der Waals surface area contributed by atoms with Crippen molar-refractivity contribution in [1.82, 2.24) is 9.48 Å². The summed E-state index contributed by atoms with van der Waals surface area (Å²) in [5, 5.41) is 0. The fourth-order valence-corrected chi connectivity index (χ4v) is 5.63. The summed E-state index contributed by atoms with van der Waals surface area (Å²) in [5.41, 5.74) is 2.37. The Morgan fingerprint density at radius 3 is 2.90 bits per heavy atom. The van der Waals surface area contributed by atoms with Crippen LogP contribution in [0.4, 0.5) is 0 Å². The van der Waals surface area contributed by atoms with Crippen LogP contribution in [-0.4, -0.2) is 37.6 Å². The molecule has 0 fully saturated rings. The maximum atomic E-state index is 6.04. The van der Waals surface area contributed by atoms with Crippen LogP contribution in [0.15, 0.2) is 12.1 Å². The molecule has 10 heteroatoms. The van der Waals surface area contributed by atoms with Gasteiger partial charge in [0, 0.05) is 18.7 Å². The van der Waals surface area contributed by atoms with E-state index in [1.807, 2.05) is 0 Å². The average molecular weight is 532 g/mol. The monoisotopic (exact) mass is 532 g/mol. The minimum absolute atomic E-state index is 0.158. The zero-order valence-electron chi connectivity index (χ0n) is 11.1. The predicted molar refractivity (Wildman–Crippen MR) is 107 cm³/mol. The van der Waals surface area contributed by atoms with E-state index in [2.05, 4.69) is 73.3 Å². The fourth-order valence-electron chi connectivity index (χ4n) is 2.43. The molecule has 2 heterocycles. The Labute approximate surface area is 149 Å². The molecule has 3 rings (SSSR count). The molecule has 0 spiro atoms. The molecule has 2 unspecified atom stereocenters. The number of nitrogens with zero attached hydrogens (tertiary/aromatic N) is 2. The summed E-state index contributed by atoms with van der Waals surface area (Å²) in [5.74, 6) is 2.06. The zero-order valence-corrected chi connectivity index (χ0v) is 17.3. The Bertz CT molecular complexity index is 512. The highest BCUT2D eigenvalue weighted by Gasteiger charge is 2.28. The van der Waals surface area contributed by atoms with Crippen molar-refractivity contribution in [2.45, 2.75) is 13.1 Å². The third-order valence-corrected chi connectivity index (χ3v) is 7.92. The zero-order chi connectivity index (χ0) is 14.1. The maximum Gasteiger partial charge on any atom is 0.245 e. The second kappa shape index (κ2) is 7.18. The highest BCUT2D eigenvalue weighted by Crippen LogP contribution is 2.49. The normalized spacial score (nSPS) is 20.9. The van der Waals surface area contributed by atoms with Crippen LogP contribution in [0.25, 0.3) is 0 Å². The number of fused-ring (bicyclic) bond motifs is 3. The summed E-state index contributed by atoms with van der Waals surface area (Å²) in [7, 11) is 3.36. The lowest BCUT2D eigenvalue weighted by Gasteiger charge is -2.35. The first-order chi connectivity index (χ1) is 9.69. The summed E-state index contributed by atoms with van der Waals surface area (Å²) >= 11 is 4.93. The van der Waals surface area contributed by atoms with Gasteiger partial charge in [0.1, 0.15) is 25.0 Å². The Hall–Kier alpha value is 1.19. The van der Waals surface area contributed by atoms with E-state index in [-0.39, 0.29) is 5.59 Å². The van der Waals surface area contributed by atoms with Crippen LogP contribution in [0.3, 0.4) is 0 Å². The third kappa shape index (κ3) is 3.40. The van der Waals surface area contributed by atoms with Crippen LogP contribution in [0, 0.1) is 0 Å². The largest absolute Gasteiger partial charge is 0.478 e. The molecule has 0 amide bonds. The van der Waals surface area contributed by atoms with Gasteiger partial charge >= 0.3 is 0 Å². The molecule has 106 valence electrons. The smallest absolute Gasteiger partial charge is 0.245 e. The molecule has 0 N–H and O–H groups in total. The molecular weight excluding hydrogens is 518 g/mol. The van der Waals surface area contributed by atoms with Crippen molar-refractivity contribution >= 4 is 70.5 Å². The van der Waals surface area contributed by atoms with Gasteiger partial charge in [0.25, 0.3) is 0 Å². The predicted octanol–water partition coefficient (Wildman–Crippen LogP) is 2.58. The molecule has 2 aliphatic rings. The molecule has 0 saturated carbocycles. The number of ether oxygens (including phenoxy) is 2. The van der Waals surface area contributed by atoms with Gasteiger partial charge in [-0.15, -0.1) is 0 Å². The van der Waals surface area contributed by atoms with E-state index >= 15 is 0 Å². The summed E-state index contributed by atoms with van der Waals surface area (Å²) in [6, 6.07) is 4.26. The second-order valence-corrected chi connectivity index (χ2v) is 13.3. The quantitative estimate of drug-likeness (QED) is 0.340. The van der Waals surface area contributed by atoms with Gasteiger partial charge in [0.15, 0.2) is 7.57 Å². The van der Waals surface area contributed by atoms with Crippen LogP contribution in [0.5, 0.6) is 11.5 Å². The molecule has 20 heavy (non-hydrogen) atoms. The van der Waals surface area contributed by atoms with E-state index in [4.69, 9.17) is 9.47 Å². The van der Waals surface area contributed by atoms with Crippen molar-refractivity contribution in [2.75, 3.05) is 13.5 Å². The van der Waals surface area contributed by atoms with E-state index in [0.717, 1.165) is 37.8 Å². The van der Waals surface area contributed by atoms with Gasteiger partial charge in [0.2, 0.25) is 7.13 Å². The molecule has 0 saturated heterocycles. The summed E-state index contributed by atoms with van der Waals surface area (Å²) in [6.07, 6.45) is 0.909.